The van der Waals surface area contributed by atoms with Gasteiger partial charge in [0, 0.05) is 43.6 Å². The van der Waals surface area contributed by atoms with Gasteiger partial charge >= 0.3 is 0 Å². The summed E-state index contributed by atoms with van der Waals surface area (Å²) in [6.07, 6.45) is 10.6. The Bertz CT molecular complexity index is 1300. The molecule has 3 rings (SSSR count). The lowest BCUT2D eigenvalue weighted by atomic mass is 10.1. The molecule has 0 saturated carbocycles. The molecule has 0 aromatic heterocycles. The van der Waals surface area contributed by atoms with E-state index in [2.05, 4.69) is 28.3 Å². The summed E-state index contributed by atoms with van der Waals surface area (Å²) in [5.74, 6) is -0.183. The molecule has 1 amide bonds. The highest BCUT2D eigenvalue weighted by atomic mass is 32.2. The van der Waals surface area contributed by atoms with E-state index in [1.165, 1.54) is 5.57 Å². The lowest BCUT2D eigenvalue weighted by Crippen LogP contribution is -2.29. The number of nitrogens with zero attached hydrogens (tertiary/aromatic N) is 1. The van der Waals surface area contributed by atoms with Gasteiger partial charge in [0.1, 0.15) is 6.61 Å². The first-order valence-electron chi connectivity index (χ1n) is 15.0. The van der Waals surface area contributed by atoms with Crippen molar-refractivity contribution in [2.24, 2.45) is 0 Å². The molecule has 0 radical (unpaired) electrons. The van der Waals surface area contributed by atoms with Crippen molar-refractivity contribution in [3.05, 3.63) is 60.2 Å². The minimum absolute atomic E-state index is 0.0233. The zero-order valence-corrected chi connectivity index (χ0v) is 26.3. The molecule has 43 heavy (non-hydrogen) atoms. The predicted octanol–water partition coefficient (Wildman–Crippen LogP) is 3.81. The van der Waals surface area contributed by atoms with E-state index in [9.17, 15) is 13.2 Å². The van der Waals surface area contributed by atoms with Crippen molar-refractivity contribution >= 4 is 32.4 Å². The molecule has 0 atom stereocenters. The average Bonchev–Trinajstić information content (AvgIpc) is 3.52. The van der Waals surface area contributed by atoms with Crippen molar-refractivity contribution in [3.63, 3.8) is 0 Å². The zero-order valence-electron chi connectivity index (χ0n) is 25.5. The second kappa shape index (κ2) is 19.5. The Labute approximate surface area is 256 Å². The molecular weight excluding hydrogens is 570 g/mol. The van der Waals surface area contributed by atoms with Gasteiger partial charge in [0.25, 0.3) is 0 Å². The third-order valence-corrected chi connectivity index (χ3v) is 8.38. The molecule has 0 bridgehead atoms. The Morgan fingerprint density at radius 3 is 2.16 bits per heavy atom. The van der Waals surface area contributed by atoms with Crippen LogP contribution in [0.25, 0.3) is 10.8 Å². The zero-order chi connectivity index (χ0) is 30.8. The highest BCUT2D eigenvalue weighted by molar-refractivity contribution is 7.89. The van der Waals surface area contributed by atoms with E-state index in [0.29, 0.717) is 71.1 Å². The van der Waals surface area contributed by atoms with Gasteiger partial charge in [0.2, 0.25) is 15.9 Å². The van der Waals surface area contributed by atoms with Gasteiger partial charge in [0.05, 0.1) is 51.1 Å². The average molecular weight is 618 g/mol. The molecular formula is C32H47N3O7S. The number of anilines is 1. The Morgan fingerprint density at radius 1 is 0.814 bits per heavy atom. The van der Waals surface area contributed by atoms with Crippen LogP contribution in [0.2, 0.25) is 0 Å². The minimum Gasteiger partial charge on any atom is -0.379 e. The molecule has 0 heterocycles. The fourth-order valence-corrected chi connectivity index (χ4v) is 5.88. The normalized spacial score (nSPS) is 13.0. The summed E-state index contributed by atoms with van der Waals surface area (Å²) in [7, 11) is 0.228. The van der Waals surface area contributed by atoms with Crippen LogP contribution in [-0.4, -0.2) is 94.4 Å². The molecule has 238 valence electrons. The van der Waals surface area contributed by atoms with Crippen LogP contribution in [0.1, 0.15) is 32.1 Å². The number of hydrogen-bond donors (Lipinski definition) is 2. The molecule has 0 saturated heterocycles. The maximum Gasteiger partial charge on any atom is 0.245 e. The van der Waals surface area contributed by atoms with Crippen LogP contribution in [-0.2, 0) is 33.8 Å². The molecule has 0 fully saturated rings. The topological polar surface area (TPSA) is 115 Å². The molecule has 2 aromatic rings. The van der Waals surface area contributed by atoms with Crippen molar-refractivity contribution in [1.82, 2.24) is 10.0 Å². The van der Waals surface area contributed by atoms with Crippen molar-refractivity contribution in [2.45, 2.75) is 37.0 Å². The standard InChI is InChI=1S/C32H47N3O7S/c1-35(2)30-14-8-13-29-28(30)12-9-15-31(29)43(37,38)34-18-7-3-6-17-33-32(36)26-42-25-24-41-23-22-40-21-20-39-19-16-27-10-4-5-11-27/h4-5,8-10,12-15,34H,3,6-7,11,16-26H2,1-2H3,(H,33,36). The molecule has 10 nitrogen and oxygen atoms in total. The first-order valence-corrected chi connectivity index (χ1v) is 16.5. The molecule has 11 heteroatoms. The lowest BCUT2D eigenvalue weighted by Gasteiger charge is -2.17. The van der Waals surface area contributed by atoms with E-state index >= 15 is 0 Å². The summed E-state index contributed by atoms with van der Waals surface area (Å²) in [6.45, 7) is 4.31. The Hall–Kier alpha value is -2.80. The Kier molecular flexibility index (Phi) is 15.7. The van der Waals surface area contributed by atoms with E-state index in [4.69, 9.17) is 18.9 Å². The summed E-state index contributed by atoms with van der Waals surface area (Å²) in [5.41, 5.74) is 2.37. The summed E-state index contributed by atoms with van der Waals surface area (Å²) in [6, 6.07) is 11.0. The summed E-state index contributed by atoms with van der Waals surface area (Å²) < 4.78 is 50.5. The maximum absolute atomic E-state index is 13.0. The van der Waals surface area contributed by atoms with Crippen LogP contribution >= 0.6 is 0 Å². The summed E-state index contributed by atoms with van der Waals surface area (Å²) in [4.78, 5) is 14.2. The number of nitrogens with one attached hydrogen (secondary N) is 2. The Balaban J connectivity index is 1.13. The minimum atomic E-state index is -3.64. The quantitative estimate of drug-likeness (QED) is 0.181. The smallest absolute Gasteiger partial charge is 0.245 e. The number of allylic oxidation sites excluding steroid dienone is 3. The van der Waals surface area contributed by atoms with Crippen molar-refractivity contribution in [3.8, 4) is 0 Å². The molecule has 0 spiro atoms. The molecule has 1 aliphatic carbocycles. The van der Waals surface area contributed by atoms with E-state index in [0.717, 1.165) is 36.8 Å². The first-order chi connectivity index (χ1) is 20.9. The number of hydrogen-bond acceptors (Lipinski definition) is 8. The van der Waals surface area contributed by atoms with E-state index in [-0.39, 0.29) is 17.4 Å². The highest BCUT2D eigenvalue weighted by Gasteiger charge is 2.18. The first kappa shape index (κ1) is 34.7. The fourth-order valence-electron chi connectivity index (χ4n) is 4.58. The SMILES string of the molecule is CN(C)c1cccc2c(S(=O)(=O)NCCCCCNC(=O)COCCOCCOCCOCCC3=CC=CC3)cccc12. The Morgan fingerprint density at radius 2 is 1.47 bits per heavy atom. The number of sulfonamides is 1. The molecule has 2 N–H and O–H groups in total. The third kappa shape index (κ3) is 12.8. The second-order valence-electron chi connectivity index (χ2n) is 10.4. The summed E-state index contributed by atoms with van der Waals surface area (Å²) in [5, 5.41) is 4.41. The van der Waals surface area contributed by atoms with Gasteiger partial charge in [-0.3, -0.25) is 4.79 Å². The van der Waals surface area contributed by atoms with Crippen molar-refractivity contribution < 1.29 is 32.2 Å². The largest absolute Gasteiger partial charge is 0.379 e. The highest BCUT2D eigenvalue weighted by Crippen LogP contribution is 2.30. The second-order valence-corrected chi connectivity index (χ2v) is 12.2. The summed E-state index contributed by atoms with van der Waals surface area (Å²) >= 11 is 0. The van der Waals surface area contributed by atoms with Crippen LogP contribution in [0.5, 0.6) is 0 Å². The van der Waals surface area contributed by atoms with Gasteiger partial charge in [0.15, 0.2) is 0 Å². The number of amides is 1. The van der Waals surface area contributed by atoms with E-state index in [1.54, 1.807) is 12.1 Å². The van der Waals surface area contributed by atoms with E-state index in [1.807, 2.05) is 43.3 Å². The molecule has 2 aromatic carbocycles. The lowest BCUT2D eigenvalue weighted by molar-refractivity contribution is -0.126. The van der Waals surface area contributed by atoms with Gasteiger partial charge in [-0.1, -0.05) is 54.5 Å². The molecule has 1 aliphatic rings. The van der Waals surface area contributed by atoms with Gasteiger partial charge in [-0.15, -0.1) is 0 Å². The van der Waals surface area contributed by atoms with Crippen LogP contribution in [0.15, 0.2) is 65.1 Å². The number of rotatable bonds is 23. The number of ether oxygens (including phenoxy) is 4. The monoisotopic (exact) mass is 617 g/mol. The van der Waals surface area contributed by atoms with E-state index < -0.39 is 10.0 Å². The van der Waals surface area contributed by atoms with Crippen LogP contribution in [0, 0.1) is 0 Å². The fraction of sp³-hybridized carbons (Fsp3) is 0.531. The van der Waals surface area contributed by atoms with Gasteiger partial charge in [-0.25, -0.2) is 13.1 Å². The number of carbonyl (C=O) groups excluding carboxylic acids is 1. The van der Waals surface area contributed by atoms with Crippen LogP contribution in [0.3, 0.4) is 0 Å². The van der Waals surface area contributed by atoms with Crippen LogP contribution < -0.4 is 14.9 Å². The number of benzene rings is 2. The van der Waals surface area contributed by atoms with Gasteiger partial charge in [-0.2, -0.15) is 0 Å². The number of fused-ring (bicyclic) bond motifs is 1. The van der Waals surface area contributed by atoms with Gasteiger partial charge in [-0.05, 0) is 37.8 Å². The van der Waals surface area contributed by atoms with Crippen molar-refractivity contribution in [2.75, 3.05) is 84.9 Å². The van der Waals surface area contributed by atoms with Crippen LogP contribution in [0.4, 0.5) is 5.69 Å². The number of carbonyl (C=O) groups is 1. The number of unbranched alkanes of at least 4 members (excludes halogenated alkanes) is 2. The predicted molar refractivity (Wildman–Crippen MR) is 170 cm³/mol. The molecule has 0 aliphatic heterocycles. The third-order valence-electron chi connectivity index (χ3n) is 6.86. The molecule has 0 unspecified atom stereocenters. The van der Waals surface area contributed by atoms with Crippen molar-refractivity contribution in [1.29, 1.82) is 0 Å². The maximum atomic E-state index is 13.0. The van der Waals surface area contributed by atoms with Gasteiger partial charge < -0.3 is 29.2 Å².